The second-order valence-corrected chi connectivity index (χ2v) is 4.35. The molecule has 1 aromatic rings. The number of aliphatic hydroxyl groups is 1. The first kappa shape index (κ1) is 11.9. The number of aliphatic hydroxyl groups excluding tert-OH is 1. The number of ketones is 1. The van der Waals surface area contributed by atoms with Crippen LogP contribution < -0.4 is 4.74 Å². The SMILES string of the molecule is C=CCC(O)c1ccc2c(c1)C(=O)CC(C)O2. The zero-order chi connectivity index (χ0) is 12.4. The number of Topliss-reactive ketones (excluding diaryl/α,β-unsaturated/α-hetero) is 1. The Morgan fingerprint density at radius 3 is 3.12 bits per heavy atom. The molecule has 0 radical (unpaired) electrons. The van der Waals surface area contributed by atoms with Gasteiger partial charge in [0.1, 0.15) is 11.9 Å². The molecule has 0 amide bonds. The number of rotatable bonds is 3. The van der Waals surface area contributed by atoms with Crippen molar-refractivity contribution in [1.29, 1.82) is 0 Å². The standard InChI is InChI=1S/C14H16O3/c1-3-4-12(15)10-5-6-14-11(8-10)13(16)7-9(2)17-14/h3,5-6,8-9,12,15H,1,4,7H2,2H3. The Balaban J connectivity index is 2.33. The summed E-state index contributed by atoms with van der Waals surface area (Å²) < 4.78 is 5.57. The highest BCUT2D eigenvalue weighted by molar-refractivity contribution is 6.00. The number of fused-ring (bicyclic) bond motifs is 1. The van der Waals surface area contributed by atoms with Gasteiger partial charge in [-0.1, -0.05) is 12.1 Å². The molecule has 0 fully saturated rings. The van der Waals surface area contributed by atoms with Gasteiger partial charge < -0.3 is 9.84 Å². The Morgan fingerprint density at radius 2 is 2.41 bits per heavy atom. The highest BCUT2D eigenvalue weighted by Gasteiger charge is 2.24. The number of hydrogen-bond donors (Lipinski definition) is 1. The minimum Gasteiger partial charge on any atom is -0.489 e. The minimum absolute atomic E-state index is 0.0704. The van der Waals surface area contributed by atoms with Gasteiger partial charge in [-0.15, -0.1) is 6.58 Å². The van der Waals surface area contributed by atoms with Crippen molar-refractivity contribution in [3.05, 3.63) is 42.0 Å². The molecule has 1 N–H and O–H groups in total. The maximum Gasteiger partial charge on any atom is 0.170 e. The molecule has 1 aromatic carbocycles. The minimum atomic E-state index is -0.607. The number of carbonyl (C=O) groups is 1. The van der Waals surface area contributed by atoms with Crippen LogP contribution in [-0.4, -0.2) is 17.0 Å². The van der Waals surface area contributed by atoms with E-state index in [1.807, 2.05) is 6.92 Å². The van der Waals surface area contributed by atoms with Gasteiger partial charge in [0.05, 0.1) is 11.7 Å². The van der Waals surface area contributed by atoms with Crippen molar-refractivity contribution in [2.24, 2.45) is 0 Å². The predicted octanol–water partition coefficient (Wildman–Crippen LogP) is 2.65. The Bertz CT molecular complexity index is 451. The van der Waals surface area contributed by atoms with E-state index < -0.39 is 6.10 Å². The van der Waals surface area contributed by atoms with Crippen LogP contribution in [0.2, 0.25) is 0 Å². The van der Waals surface area contributed by atoms with E-state index in [0.717, 1.165) is 5.56 Å². The molecule has 3 heteroatoms. The van der Waals surface area contributed by atoms with Gasteiger partial charge in [0.25, 0.3) is 0 Å². The van der Waals surface area contributed by atoms with Crippen LogP contribution in [0.3, 0.4) is 0 Å². The number of hydrogen-bond acceptors (Lipinski definition) is 3. The third-order valence-electron chi connectivity index (χ3n) is 2.88. The molecule has 90 valence electrons. The molecule has 17 heavy (non-hydrogen) atoms. The van der Waals surface area contributed by atoms with Crippen LogP contribution in [-0.2, 0) is 0 Å². The predicted molar refractivity (Wildman–Crippen MR) is 65.3 cm³/mol. The van der Waals surface area contributed by atoms with E-state index in [-0.39, 0.29) is 11.9 Å². The lowest BCUT2D eigenvalue weighted by atomic mass is 9.96. The molecular weight excluding hydrogens is 216 g/mol. The van der Waals surface area contributed by atoms with Crippen LogP contribution in [0.4, 0.5) is 0 Å². The van der Waals surface area contributed by atoms with Gasteiger partial charge in [0.2, 0.25) is 0 Å². The van der Waals surface area contributed by atoms with E-state index >= 15 is 0 Å². The summed E-state index contributed by atoms with van der Waals surface area (Å²) in [5, 5.41) is 9.84. The normalized spacial score (nSPS) is 20.4. The first-order chi connectivity index (χ1) is 8.11. The number of carbonyl (C=O) groups excluding carboxylic acids is 1. The number of ether oxygens (including phenoxy) is 1. The summed E-state index contributed by atoms with van der Waals surface area (Å²) in [6.45, 7) is 5.46. The van der Waals surface area contributed by atoms with E-state index in [2.05, 4.69) is 6.58 Å². The highest BCUT2D eigenvalue weighted by Crippen LogP contribution is 2.30. The topological polar surface area (TPSA) is 46.5 Å². The molecule has 2 unspecified atom stereocenters. The summed E-state index contributed by atoms with van der Waals surface area (Å²) in [5.41, 5.74) is 1.30. The van der Waals surface area contributed by atoms with Crippen LogP contribution in [0.15, 0.2) is 30.9 Å². The van der Waals surface area contributed by atoms with E-state index in [1.54, 1.807) is 24.3 Å². The van der Waals surface area contributed by atoms with Crippen LogP contribution in [0.25, 0.3) is 0 Å². The summed E-state index contributed by atoms with van der Waals surface area (Å²) in [5.74, 6) is 0.690. The van der Waals surface area contributed by atoms with Gasteiger partial charge in [-0.05, 0) is 31.0 Å². The van der Waals surface area contributed by atoms with Crippen LogP contribution in [0.1, 0.15) is 41.8 Å². The van der Waals surface area contributed by atoms with Gasteiger partial charge in [0.15, 0.2) is 5.78 Å². The first-order valence-corrected chi connectivity index (χ1v) is 5.74. The fourth-order valence-corrected chi connectivity index (χ4v) is 2.00. The van der Waals surface area contributed by atoms with Crippen molar-refractivity contribution in [2.75, 3.05) is 0 Å². The van der Waals surface area contributed by atoms with Gasteiger partial charge in [0, 0.05) is 6.42 Å². The molecule has 0 aromatic heterocycles. The van der Waals surface area contributed by atoms with Crippen LogP contribution >= 0.6 is 0 Å². The molecule has 0 spiro atoms. The molecule has 0 saturated heterocycles. The number of benzene rings is 1. The monoisotopic (exact) mass is 232 g/mol. The molecule has 1 aliphatic rings. The summed E-state index contributed by atoms with van der Waals surface area (Å²) in [4.78, 5) is 11.8. The largest absolute Gasteiger partial charge is 0.489 e. The molecule has 3 nitrogen and oxygen atoms in total. The molecule has 1 heterocycles. The van der Waals surface area contributed by atoms with Gasteiger partial charge in [-0.3, -0.25) is 4.79 Å². The van der Waals surface area contributed by atoms with Crippen molar-refractivity contribution in [3.8, 4) is 5.75 Å². The van der Waals surface area contributed by atoms with Crippen LogP contribution in [0, 0.1) is 0 Å². The lowest BCUT2D eigenvalue weighted by Gasteiger charge is -2.23. The van der Waals surface area contributed by atoms with Crippen LogP contribution in [0.5, 0.6) is 5.75 Å². The van der Waals surface area contributed by atoms with E-state index in [9.17, 15) is 9.90 Å². The van der Waals surface area contributed by atoms with Gasteiger partial charge in [-0.2, -0.15) is 0 Å². The first-order valence-electron chi connectivity index (χ1n) is 5.74. The van der Waals surface area contributed by atoms with Crippen molar-refractivity contribution < 1.29 is 14.6 Å². The third-order valence-corrected chi connectivity index (χ3v) is 2.88. The summed E-state index contributed by atoms with van der Waals surface area (Å²) in [6.07, 6.45) is 1.85. The Kier molecular flexibility index (Phi) is 3.29. The lowest BCUT2D eigenvalue weighted by Crippen LogP contribution is -2.24. The Hall–Kier alpha value is -1.61. The smallest absolute Gasteiger partial charge is 0.170 e. The second kappa shape index (κ2) is 4.72. The van der Waals surface area contributed by atoms with Crippen molar-refractivity contribution >= 4 is 5.78 Å². The Morgan fingerprint density at radius 1 is 1.65 bits per heavy atom. The molecule has 0 saturated carbocycles. The fourth-order valence-electron chi connectivity index (χ4n) is 2.00. The van der Waals surface area contributed by atoms with E-state index in [4.69, 9.17) is 4.74 Å². The summed E-state index contributed by atoms with van der Waals surface area (Å²) in [7, 11) is 0. The van der Waals surface area contributed by atoms with E-state index in [0.29, 0.717) is 24.2 Å². The molecule has 0 bridgehead atoms. The second-order valence-electron chi connectivity index (χ2n) is 4.35. The molecule has 0 aliphatic carbocycles. The zero-order valence-electron chi connectivity index (χ0n) is 9.85. The lowest BCUT2D eigenvalue weighted by molar-refractivity contribution is 0.0870. The van der Waals surface area contributed by atoms with Crippen molar-refractivity contribution in [2.45, 2.75) is 32.0 Å². The average Bonchev–Trinajstić information content (AvgIpc) is 2.28. The third kappa shape index (κ3) is 2.39. The quantitative estimate of drug-likeness (QED) is 0.815. The van der Waals surface area contributed by atoms with Gasteiger partial charge >= 0.3 is 0 Å². The molecule has 1 aliphatic heterocycles. The maximum atomic E-state index is 11.8. The fraction of sp³-hybridized carbons (Fsp3) is 0.357. The average molecular weight is 232 g/mol. The highest BCUT2D eigenvalue weighted by atomic mass is 16.5. The molecule has 2 atom stereocenters. The van der Waals surface area contributed by atoms with Crippen molar-refractivity contribution in [3.63, 3.8) is 0 Å². The summed E-state index contributed by atoms with van der Waals surface area (Å²) in [6, 6.07) is 5.26. The van der Waals surface area contributed by atoms with Crippen molar-refractivity contribution in [1.82, 2.24) is 0 Å². The summed E-state index contributed by atoms with van der Waals surface area (Å²) >= 11 is 0. The van der Waals surface area contributed by atoms with E-state index in [1.165, 1.54) is 0 Å². The maximum absolute atomic E-state index is 11.8. The molecule has 2 rings (SSSR count). The Labute approximate surface area is 101 Å². The molecular formula is C14H16O3. The zero-order valence-corrected chi connectivity index (χ0v) is 9.85. The van der Waals surface area contributed by atoms with Gasteiger partial charge in [-0.25, -0.2) is 0 Å².